The van der Waals surface area contributed by atoms with Crippen LogP contribution < -0.4 is 5.32 Å². The second-order valence-electron chi connectivity index (χ2n) is 3.93. The monoisotopic (exact) mass is 212 g/mol. The molecule has 86 valence electrons. The maximum Gasteiger partial charge on any atom is 0.241 e. The Morgan fingerprint density at radius 2 is 1.73 bits per heavy atom. The van der Waals surface area contributed by atoms with Gasteiger partial charge in [0.1, 0.15) is 0 Å². The number of rotatable bonds is 3. The van der Waals surface area contributed by atoms with E-state index in [0.29, 0.717) is 6.42 Å². The number of hydrogen-bond donors (Lipinski definition) is 1. The smallest absolute Gasteiger partial charge is 0.241 e. The Labute approximate surface area is 91.0 Å². The normalized spacial score (nSPS) is 17.0. The zero-order chi connectivity index (χ0) is 11.1. The van der Waals surface area contributed by atoms with Crippen molar-refractivity contribution in [2.45, 2.75) is 39.0 Å². The highest BCUT2D eigenvalue weighted by molar-refractivity contribution is 5.84. The molecule has 0 unspecified atom stereocenters. The second-order valence-corrected chi connectivity index (χ2v) is 3.93. The van der Waals surface area contributed by atoms with Gasteiger partial charge in [-0.2, -0.15) is 0 Å². The molecule has 1 aliphatic rings. The molecule has 1 rings (SSSR count). The lowest BCUT2D eigenvalue weighted by molar-refractivity contribution is -0.132. The van der Waals surface area contributed by atoms with E-state index in [-0.39, 0.29) is 18.4 Å². The summed E-state index contributed by atoms with van der Waals surface area (Å²) in [5.74, 6) is -0.00290. The van der Waals surface area contributed by atoms with Crippen molar-refractivity contribution in [3.63, 3.8) is 0 Å². The zero-order valence-corrected chi connectivity index (χ0v) is 9.42. The summed E-state index contributed by atoms with van der Waals surface area (Å²) in [6, 6.07) is 0. The van der Waals surface area contributed by atoms with E-state index in [0.717, 1.165) is 25.9 Å². The highest BCUT2D eigenvalue weighted by Crippen LogP contribution is 2.09. The highest BCUT2D eigenvalue weighted by atomic mass is 16.2. The molecule has 0 atom stereocenters. The van der Waals surface area contributed by atoms with Gasteiger partial charge in [0.15, 0.2) is 0 Å². The van der Waals surface area contributed by atoms with Gasteiger partial charge in [-0.25, -0.2) is 0 Å². The lowest BCUT2D eigenvalue weighted by Crippen LogP contribution is -2.40. The Morgan fingerprint density at radius 3 is 2.27 bits per heavy atom. The van der Waals surface area contributed by atoms with Crippen molar-refractivity contribution in [2.24, 2.45) is 0 Å². The first-order valence-electron chi connectivity index (χ1n) is 5.78. The Bertz CT molecular complexity index is 221. The van der Waals surface area contributed by atoms with Crippen molar-refractivity contribution in [2.75, 3.05) is 19.6 Å². The molecule has 0 radical (unpaired) electrons. The van der Waals surface area contributed by atoms with Crippen molar-refractivity contribution in [1.29, 1.82) is 0 Å². The van der Waals surface area contributed by atoms with Crippen LogP contribution in [0, 0.1) is 0 Å². The molecule has 0 saturated carbocycles. The molecule has 0 aliphatic carbocycles. The molecule has 1 N–H and O–H groups in total. The molecule has 1 heterocycles. The second kappa shape index (κ2) is 6.43. The number of nitrogens with one attached hydrogen (secondary N) is 1. The third-order valence-corrected chi connectivity index (χ3v) is 2.72. The van der Waals surface area contributed by atoms with Gasteiger partial charge >= 0.3 is 0 Å². The molecule has 4 heteroatoms. The zero-order valence-electron chi connectivity index (χ0n) is 9.42. The van der Waals surface area contributed by atoms with Crippen LogP contribution in [0.1, 0.15) is 39.0 Å². The van der Waals surface area contributed by atoms with E-state index in [4.69, 9.17) is 0 Å². The topological polar surface area (TPSA) is 49.4 Å². The van der Waals surface area contributed by atoms with Crippen LogP contribution in [-0.2, 0) is 9.59 Å². The number of likely N-dealkylation sites (tertiary alicyclic amines) is 1. The molecule has 2 amide bonds. The summed E-state index contributed by atoms with van der Waals surface area (Å²) >= 11 is 0. The summed E-state index contributed by atoms with van der Waals surface area (Å²) in [6.07, 6.45) is 5.05. The number of hydrogen-bond acceptors (Lipinski definition) is 2. The molecule has 1 aliphatic heterocycles. The predicted molar refractivity (Wildman–Crippen MR) is 58.3 cm³/mol. The van der Waals surface area contributed by atoms with Crippen molar-refractivity contribution in [3.8, 4) is 0 Å². The van der Waals surface area contributed by atoms with Crippen molar-refractivity contribution in [1.82, 2.24) is 10.2 Å². The summed E-state index contributed by atoms with van der Waals surface area (Å²) in [5, 5.41) is 2.62. The quantitative estimate of drug-likeness (QED) is 0.756. The Kier molecular flexibility index (Phi) is 5.15. The molecule has 0 aromatic carbocycles. The van der Waals surface area contributed by atoms with Crippen LogP contribution in [-0.4, -0.2) is 36.3 Å². The van der Waals surface area contributed by atoms with Gasteiger partial charge in [-0.15, -0.1) is 0 Å². The summed E-state index contributed by atoms with van der Waals surface area (Å²) in [6.45, 7) is 3.64. The van der Waals surface area contributed by atoms with Crippen LogP contribution in [0.15, 0.2) is 0 Å². The van der Waals surface area contributed by atoms with E-state index in [2.05, 4.69) is 5.32 Å². The van der Waals surface area contributed by atoms with Gasteiger partial charge < -0.3 is 10.2 Å². The summed E-state index contributed by atoms with van der Waals surface area (Å²) < 4.78 is 0. The van der Waals surface area contributed by atoms with E-state index in [9.17, 15) is 9.59 Å². The fraction of sp³-hybridized carbons (Fsp3) is 0.818. The Morgan fingerprint density at radius 1 is 1.13 bits per heavy atom. The van der Waals surface area contributed by atoms with Crippen molar-refractivity contribution < 1.29 is 9.59 Å². The number of carbonyl (C=O) groups excluding carboxylic acids is 2. The average Bonchev–Trinajstić information content (AvgIpc) is 2.53. The molecule has 4 nitrogen and oxygen atoms in total. The molecular formula is C11H20N2O2. The van der Waals surface area contributed by atoms with Crippen LogP contribution in [0.3, 0.4) is 0 Å². The molecule has 0 bridgehead atoms. The molecule has 1 fully saturated rings. The minimum Gasteiger partial charge on any atom is -0.347 e. The summed E-state index contributed by atoms with van der Waals surface area (Å²) in [5.41, 5.74) is 0. The minimum absolute atomic E-state index is 0.0544. The molecule has 0 spiro atoms. The summed E-state index contributed by atoms with van der Waals surface area (Å²) in [4.78, 5) is 24.5. The van der Waals surface area contributed by atoms with E-state index in [1.165, 1.54) is 12.8 Å². The maximum absolute atomic E-state index is 11.7. The third-order valence-electron chi connectivity index (χ3n) is 2.72. The Balaban J connectivity index is 2.28. The van der Waals surface area contributed by atoms with Crippen molar-refractivity contribution >= 4 is 11.8 Å². The SMILES string of the molecule is CCC(=O)NCC(=O)N1CCCCCC1. The molecule has 15 heavy (non-hydrogen) atoms. The van der Waals surface area contributed by atoms with Gasteiger partial charge in [-0.05, 0) is 12.8 Å². The first-order valence-corrected chi connectivity index (χ1v) is 5.78. The first-order chi connectivity index (χ1) is 7.24. The van der Waals surface area contributed by atoms with Gasteiger partial charge in [0.25, 0.3) is 0 Å². The fourth-order valence-corrected chi connectivity index (χ4v) is 1.73. The standard InChI is InChI=1S/C11H20N2O2/c1-2-10(14)12-9-11(15)13-7-5-3-4-6-8-13/h2-9H2,1H3,(H,12,14). The maximum atomic E-state index is 11.7. The van der Waals surface area contributed by atoms with Gasteiger partial charge in [0.05, 0.1) is 6.54 Å². The molecule has 0 aromatic heterocycles. The van der Waals surface area contributed by atoms with Crippen LogP contribution in [0.5, 0.6) is 0 Å². The minimum atomic E-state index is -0.0572. The number of amides is 2. The van der Waals surface area contributed by atoms with E-state index in [1.54, 1.807) is 6.92 Å². The first kappa shape index (κ1) is 12.0. The van der Waals surface area contributed by atoms with Gasteiger partial charge in [-0.1, -0.05) is 19.8 Å². The van der Waals surface area contributed by atoms with Gasteiger partial charge in [-0.3, -0.25) is 9.59 Å². The van der Waals surface area contributed by atoms with Crippen LogP contribution in [0.2, 0.25) is 0 Å². The fourth-order valence-electron chi connectivity index (χ4n) is 1.73. The highest BCUT2D eigenvalue weighted by Gasteiger charge is 2.15. The molecular weight excluding hydrogens is 192 g/mol. The lowest BCUT2D eigenvalue weighted by atomic mass is 10.2. The van der Waals surface area contributed by atoms with E-state index < -0.39 is 0 Å². The van der Waals surface area contributed by atoms with Crippen molar-refractivity contribution in [3.05, 3.63) is 0 Å². The number of nitrogens with zero attached hydrogens (tertiary/aromatic N) is 1. The van der Waals surface area contributed by atoms with Gasteiger partial charge in [0.2, 0.25) is 11.8 Å². The predicted octanol–water partition coefficient (Wildman–Crippen LogP) is 0.915. The summed E-state index contributed by atoms with van der Waals surface area (Å²) in [7, 11) is 0. The van der Waals surface area contributed by atoms with Gasteiger partial charge in [0, 0.05) is 19.5 Å². The van der Waals surface area contributed by atoms with E-state index >= 15 is 0 Å². The Hall–Kier alpha value is -1.06. The van der Waals surface area contributed by atoms with Crippen LogP contribution >= 0.6 is 0 Å². The lowest BCUT2D eigenvalue weighted by Gasteiger charge is -2.20. The van der Waals surface area contributed by atoms with Crippen LogP contribution in [0.25, 0.3) is 0 Å². The molecule has 1 saturated heterocycles. The molecule has 0 aromatic rings. The average molecular weight is 212 g/mol. The number of carbonyl (C=O) groups is 2. The largest absolute Gasteiger partial charge is 0.347 e. The van der Waals surface area contributed by atoms with Crippen LogP contribution in [0.4, 0.5) is 0 Å². The van der Waals surface area contributed by atoms with E-state index in [1.807, 2.05) is 4.90 Å². The third kappa shape index (κ3) is 4.32.